The second-order valence-electron chi connectivity index (χ2n) is 6.52. The first-order valence-corrected chi connectivity index (χ1v) is 7.53. The van der Waals surface area contributed by atoms with Crippen LogP contribution in [0.5, 0.6) is 0 Å². The topological polar surface area (TPSA) is 37.3 Å². The minimum atomic E-state index is -0.311. The van der Waals surface area contributed by atoms with Gasteiger partial charge in [-0.15, -0.1) is 0 Å². The Kier molecular flexibility index (Phi) is 2.89. The van der Waals surface area contributed by atoms with Gasteiger partial charge in [0.1, 0.15) is 5.78 Å². The first kappa shape index (κ1) is 12.4. The molecule has 0 heterocycles. The molecule has 2 heteroatoms. The fourth-order valence-electron chi connectivity index (χ4n) is 5.20. The average molecular weight is 248 g/mol. The molecule has 2 bridgehead atoms. The standard InChI is InChI=1S/C16H24O2/c1-3-4-5-12-11-6-7-14(18)16(12)9-8-13(17)15(16)10(11)2/h11-13,15,17H,2-9H2,1H3/t11-,12-,13-,15+,16+/m1/s1. The van der Waals surface area contributed by atoms with Gasteiger partial charge in [0, 0.05) is 17.8 Å². The number of carbonyl (C=O) groups excluding carboxylic acids is 1. The summed E-state index contributed by atoms with van der Waals surface area (Å²) >= 11 is 0. The lowest BCUT2D eigenvalue weighted by atomic mass is 9.63. The SMILES string of the molecule is C=C1[C@H]2CCC(=O)[C@]3(CC[C@@H](O)[C@H]13)[C@@H]2CCCC. The molecule has 3 saturated carbocycles. The Morgan fingerprint density at radius 1 is 1.44 bits per heavy atom. The van der Waals surface area contributed by atoms with Crippen molar-refractivity contribution in [1.82, 2.24) is 0 Å². The van der Waals surface area contributed by atoms with E-state index in [0.717, 1.165) is 32.1 Å². The van der Waals surface area contributed by atoms with Crippen LogP contribution in [-0.4, -0.2) is 17.0 Å². The largest absolute Gasteiger partial charge is 0.392 e. The van der Waals surface area contributed by atoms with Crippen LogP contribution in [0.15, 0.2) is 12.2 Å². The minimum Gasteiger partial charge on any atom is -0.392 e. The third-order valence-corrected chi connectivity index (χ3v) is 5.89. The lowest BCUT2D eigenvalue weighted by Gasteiger charge is -2.39. The van der Waals surface area contributed by atoms with Crippen LogP contribution in [-0.2, 0) is 4.79 Å². The first-order chi connectivity index (χ1) is 8.63. The predicted octanol–water partition coefficient (Wildman–Crippen LogP) is 3.10. The molecule has 18 heavy (non-hydrogen) atoms. The van der Waals surface area contributed by atoms with Crippen molar-refractivity contribution in [3.05, 3.63) is 12.2 Å². The Labute approximate surface area is 109 Å². The Bertz CT molecular complexity index is 387. The van der Waals surface area contributed by atoms with Gasteiger partial charge in [-0.25, -0.2) is 0 Å². The lowest BCUT2D eigenvalue weighted by Crippen LogP contribution is -2.42. The molecule has 1 spiro atoms. The van der Waals surface area contributed by atoms with Crippen molar-refractivity contribution < 1.29 is 9.90 Å². The summed E-state index contributed by atoms with van der Waals surface area (Å²) in [5, 5.41) is 10.3. The number of ketones is 1. The number of unbranched alkanes of at least 4 members (excludes halogenated alkanes) is 1. The van der Waals surface area contributed by atoms with Crippen molar-refractivity contribution in [1.29, 1.82) is 0 Å². The van der Waals surface area contributed by atoms with E-state index in [9.17, 15) is 9.90 Å². The predicted molar refractivity (Wildman–Crippen MR) is 71.0 cm³/mol. The van der Waals surface area contributed by atoms with Crippen LogP contribution in [0.2, 0.25) is 0 Å². The second-order valence-corrected chi connectivity index (χ2v) is 6.52. The van der Waals surface area contributed by atoms with Crippen molar-refractivity contribution in [2.75, 3.05) is 0 Å². The highest BCUT2D eigenvalue weighted by Gasteiger charge is 2.66. The third kappa shape index (κ3) is 1.36. The third-order valence-electron chi connectivity index (χ3n) is 5.89. The number of hydrogen-bond acceptors (Lipinski definition) is 2. The van der Waals surface area contributed by atoms with E-state index >= 15 is 0 Å². The molecule has 0 radical (unpaired) electrons. The summed E-state index contributed by atoms with van der Waals surface area (Å²) in [5.74, 6) is 1.50. The van der Waals surface area contributed by atoms with E-state index in [0.29, 0.717) is 17.6 Å². The molecule has 1 N–H and O–H groups in total. The van der Waals surface area contributed by atoms with Crippen molar-refractivity contribution in [3.8, 4) is 0 Å². The zero-order valence-corrected chi connectivity index (χ0v) is 11.3. The van der Waals surface area contributed by atoms with E-state index < -0.39 is 0 Å². The van der Waals surface area contributed by atoms with E-state index in [1.807, 2.05) is 0 Å². The molecule has 0 amide bonds. The maximum atomic E-state index is 12.6. The highest BCUT2D eigenvalue weighted by atomic mass is 16.3. The van der Waals surface area contributed by atoms with Gasteiger partial charge >= 0.3 is 0 Å². The van der Waals surface area contributed by atoms with Crippen LogP contribution < -0.4 is 0 Å². The van der Waals surface area contributed by atoms with Gasteiger partial charge in [0.25, 0.3) is 0 Å². The average Bonchev–Trinajstić information content (AvgIpc) is 2.77. The van der Waals surface area contributed by atoms with E-state index in [1.165, 1.54) is 18.4 Å². The molecule has 0 aromatic carbocycles. The molecule has 100 valence electrons. The van der Waals surface area contributed by atoms with Crippen LogP contribution in [0.4, 0.5) is 0 Å². The number of hydrogen-bond donors (Lipinski definition) is 1. The zero-order valence-electron chi connectivity index (χ0n) is 11.3. The summed E-state index contributed by atoms with van der Waals surface area (Å²) in [7, 11) is 0. The van der Waals surface area contributed by atoms with Crippen LogP contribution in [0.3, 0.4) is 0 Å². The van der Waals surface area contributed by atoms with Gasteiger partial charge < -0.3 is 5.11 Å². The van der Waals surface area contributed by atoms with Gasteiger partial charge in [0.15, 0.2) is 0 Å². The van der Waals surface area contributed by atoms with E-state index in [1.54, 1.807) is 0 Å². The van der Waals surface area contributed by atoms with Gasteiger partial charge in [-0.3, -0.25) is 4.79 Å². The van der Waals surface area contributed by atoms with Gasteiger partial charge in [-0.2, -0.15) is 0 Å². The molecule has 3 aliphatic rings. The molecule has 3 fully saturated rings. The van der Waals surface area contributed by atoms with Gasteiger partial charge in [0.05, 0.1) is 6.10 Å². The summed E-state index contributed by atoms with van der Waals surface area (Å²) in [4.78, 5) is 12.6. The van der Waals surface area contributed by atoms with Gasteiger partial charge in [-0.05, 0) is 37.5 Å². The molecular weight excluding hydrogens is 224 g/mol. The molecule has 0 saturated heterocycles. The van der Waals surface area contributed by atoms with Crippen molar-refractivity contribution >= 4 is 5.78 Å². The van der Waals surface area contributed by atoms with Crippen molar-refractivity contribution in [2.45, 2.75) is 58.0 Å². The van der Waals surface area contributed by atoms with Crippen molar-refractivity contribution in [2.24, 2.45) is 23.2 Å². The fourth-order valence-corrected chi connectivity index (χ4v) is 5.20. The number of carbonyl (C=O) groups is 1. The molecule has 0 unspecified atom stereocenters. The molecular formula is C16H24O2. The smallest absolute Gasteiger partial charge is 0.140 e. The van der Waals surface area contributed by atoms with E-state index in [4.69, 9.17) is 0 Å². The molecule has 5 atom stereocenters. The maximum absolute atomic E-state index is 12.6. The van der Waals surface area contributed by atoms with Crippen molar-refractivity contribution in [3.63, 3.8) is 0 Å². The van der Waals surface area contributed by atoms with E-state index in [-0.39, 0.29) is 17.4 Å². The molecule has 2 nitrogen and oxygen atoms in total. The summed E-state index contributed by atoms with van der Waals surface area (Å²) in [5.41, 5.74) is 0.987. The number of aliphatic hydroxyl groups excluding tert-OH is 1. The zero-order chi connectivity index (χ0) is 12.9. The summed E-state index contributed by atoms with van der Waals surface area (Å²) in [6.45, 7) is 6.47. The Hall–Kier alpha value is -0.630. The summed E-state index contributed by atoms with van der Waals surface area (Å²) < 4.78 is 0. The molecule has 0 aliphatic heterocycles. The highest BCUT2D eigenvalue weighted by Crippen LogP contribution is 2.67. The number of aliphatic hydroxyl groups is 1. The lowest BCUT2D eigenvalue weighted by molar-refractivity contribution is -0.136. The fraction of sp³-hybridized carbons (Fsp3) is 0.812. The normalized spacial score (nSPS) is 46.6. The minimum absolute atomic E-state index is 0.0827. The molecule has 0 aromatic heterocycles. The summed E-state index contributed by atoms with van der Waals surface area (Å²) in [6.07, 6.45) is 6.63. The highest BCUT2D eigenvalue weighted by molar-refractivity contribution is 5.88. The Balaban J connectivity index is 2.00. The Morgan fingerprint density at radius 3 is 2.94 bits per heavy atom. The van der Waals surface area contributed by atoms with Crippen LogP contribution in [0.1, 0.15) is 51.9 Å². The van der Waals surface area contributed by atoms with Gasteiger partial charge in [0.2, 0.25) is 0 Å². The summed E-state index contributed by atoms with van der Waals surface area (Å²) in [6, 6.07) is 0. The Morgan fingerprint density at radius 2 is 2.22 bits per heavy atom. The van der Waals surface area contributed by atoms with Gasteiger partial charge in [-0.1, -0.05) is 31.9 Å². The maximum Gasteiger partial charge on any atom is 0.140 e. The quantitative estimate of drug-likeness (QED) is 0.779. The number of rotatable bonds is 3. The monoisotopic (exact) mass is 248 g/mol. The second kappa shape index (κ2) is 4.19. The number of Topliss-reactive ketones (excluding diaryl/α,β-unsaturated/α-hetero) is 1. The van der Waals surface area contributed by atoms with Crippen LogP contribution in [0.25, 0.3) is 0 Å². The molecule has 3 aliphatic carbocycles. The first-order valence-electron chi connectivity index (χ1n) is 7.53. The van der Waals surface area contributed by atoms with Crippen LogP contribution in [0, 0.1) is 23.2 Å². The number of fused-ring (bicyclic) bond motifs is 1. The van der Waals surface area contributed by atoms with E-state index in [2.05, 4.69) is 13.5 Å². The molecule has 3 rings (SSSR count). The molecule has 0 aromatic rings. The van der Waals surface area contributed by atoms with Crippen LogP contribution >= 0.6 is 0 Å².